The number of aliphatic hydroxyl groups excluding tert-OH is 2. The fraction of sp³-hybridized carbons (Fsp3) is 0.286. The summed E-state index contributed by atoms with van der Waals surface area (Å²) in [5.41, 5.74) is 1.82. The standard InChI is InChI=1S/C14H12O3/c15-11-9-5-7-3-1-2-4-8(7)6-10(9)13-14(17-13)12(11)16/h1-6,11-16H. The zero-order valence-electron chi connectivity index (χ0n) is 9.08. The van der Waals surface area contributed by atoms with Crippen LogP contribution in [0.4, 0.5) is 0 Å². The van der Waals surface area contributed by atoms with Crippen molar-refractivity contribution in [1.29, 1.82) is 0 Å². The third kappa shape index (κ3) is 1.21. The Hall–Kier alpha value is -1.42. The molecule has 2 aliphatic rings. The summed E-state index contributed by atoms with van der Waals surface area (Å²) in [5, 5.41) is 22.1. The Kier molecular flexibility index (Phi) is 1.73. The van der Waals surface area contributed by atoms with Crippen LogP contribution in [-0.2, 0) is 4.74 Å². The number of hydrogen-bond acceptors (Lipinski definition) is 3. The number of aliphatic hydroxyl groups is 2. The Morgan fingerprint density at radius 2 is 1.59 bits per heavy atom. The van der Waals surface area contributed by atoms with E-state index in [0.29, 0.717) is 0 Å². The summed E-state index contributed by atoms with van der Waals surface area (Å²) >= 11 is 0. The van der Waals surface area contributed by atoms with Gasteiger partial charge in [0.15, 0.2) is 0 Å². The van der Waals surface area contributed by atoms with E-state index < -0.39 is 12.2 Å². The summed E-state index contributed by atoms with van der Waals surface area (Å²) in [6.07, 6.45) is -1.89. The summed E-state index contributed by atoms with van der Waals surface area (Å²) in [6, 6.07) is 12.0. The predicted octanol–water partition coefficient (Wildman–Crippen LogP) is 1.69. The molecule has 1 fully saturated rings. The van der Waals surface area contributed by atoms with E-state index >= 15 is 0 Å². The number of fused-ring (bicyclic) bond motifs is 4. The Labute approximate surface area is 98.3 Å². The van der Waals surface area contributed by atoms with Crippen molar-refractivity contribution >= 4 is 10.8 Å². The van der Waals surface area contributed by atoms with Crippen LogP contribution in [0.1, 0.15) is 23.3 Å². The van der Waals surface area contributed by atoms with Gasteiger partial charge in [0.2, 0.25) is 0 Å². The second-order valence-electron chi connectivity index (χ2n) is 4.79. The van der Waals surface area contributed by atoms with Gasteiger partial charge in [0.25, 0.3) is 0 Å². The molecule has 0 radical (unpaired) electrons. The molecule has 2 N–H and O–H groups in total. The van der Waals surface area contributed by atoms with Crippen LogP contribution < -0.4 is 0 Å². The first-order chi connectivity index (χ1) is 8.25. The second-order valence-corrected chi connectivity index (χ2v) is 4.79. The lowest BCUT2D eigenvalue weighted by atomic mass is 9.86. The lowest BCUT2D eigenvalue weighted by Gasteiger charge is -2.23. The Morgan fingerprint density at radius 3 is 2.29 bits per heavy atom. The molecule has 3 nitrogen and oxygen atoms in total. The lowest BCUT2D eigenvalue weighted by Crippen LogP contribution is -2.28. The molecule has 1 aliphatic carbocycles. The normalized spacial score (nSPS) is 34.2. The zero-order chi connectivity index (χ0) is 11.6. The first kappa shape index (κ1) is 9.59. The van der Waals surface area contributed by atoms with E-state index in [0.717, 1.165) is 21.9 Å². The summed E-state index contributed by atoms with van der Waals surface area (Å²) < 4.78 is 5.43. The van der Waals surface area contributed by atoms with Crippen molar-refractivity contribution in [2.75, 3.05) is 0 Å². The Balaban J connectivity index is 2.00. The number of epoxide rings is 1. The number of ether oxygens (including phenoxy) is 1. The smallest absolute Gasteiger partial charge is 0.118 e. The predicted molar refractivity (Wildman–Crippen MR) is 62.5 cm³/mol. The SMILES string of the molecule is OC1c2cc3ccccc3cc2C2OC2C1O. The molecule has 0 bridgehead atoms. The molecule has 86 valence electrons. The van der Waals surface area contributed by atoms with E-state index in [4.69, 9.17) is 4.74 Å². The van der Waals surface area contributed by atoms with Crippen molar-refractivity contribution in [2.24, 2.45) is 0 Å². The van der Waals surface area contributed by atoms with Crippen LogP contribution in [0.25, 0.3) is 10.8 Å². The molecule has 2 aromatic carbocycles. The fourth-order valence-corrected chi connectivity index (χ4v) is 2.78. The van der Waals surface area contributed by atoms with Crippen LogP contribution in [0, 0.1) is 0 Å². The van der Waals surface area contributed by atoms with E-state index in [1.54, 1.807) is 0 Å². The van der Waals surface area contributed by atoms with Gasteiger partial charge in [-0.05, 0) is 34.0 Å². The Morgan fingerprint density at radius 1 is 0.941 bits per heavy atom. The molecule has 1 heterocycles. The van der Waals surface area contributed by atoms with Gasteiger partial charge in [0, 0.05) is 0 Å². The first-order valence-electron chi connectivity index (χ1n) is 5.80. The van der Waals surface area contributed by atoms with Crippen molar-refractivity contribution < 1.29 is 14.9 Å². The number of hydrogen-bond donors (Lipinski definition) is 2. The second kappa shape index (κ2) is 3.07. The van der Waals surface area contributed by atoms with Crippen LogP contribution in [0.5, 0.6) is 0 Å². The van der Waals surface area contributed by atoms with Crippen molar-refractivity contribution in [3.63, 3.8) is 0 Å². The summed E-state index contributed by atoms with van der Waals surface area (Å²) in [7, 11) is 0. The molecule has 2 aromatic rings. The fourth-order valence-electron chi connectivity index (χ4n) is 2.78. The van der Waals surface area contributed by atoms with Crippen molar-refractivity contribution in [1.82, 2.24) is 0 Å². The maximum absolute atomic E-state index is 10.1. The average Bonchev–Trinajstić information content (AvgIpc) is 3.15. The van der Waals surface area contributed by atoms with E-state index in [2.05, 4.69) is 6.07 Å². The molecule has 3 heteroatoms. The molecule has 0 amide bonds. The monoisotopic (exact) mass is 228 g/mol. The molecule has 0 aromatic heterocycles. The molecule has 17 heavy (non-hydrogen) atoms. The minimum atomic E-state index is -0.835. The molecule has 4 unspecified atom stereocenters. The Bertz CT molecular complexity index is 607. The third-order valence-electron chi connectivity index (χ3n) is 3.76. The maximum atomic E-state index is 10.1. The highest BCUT2D eigenvalue weighted by Crippen LogP contribution is 2.51. The minimum absolute atomic E-state index is 0.0343. The maximum Gasteiger partial charge on any atom is 0.118 e. The quantitative estimate of drug-likeness (QED) is 0.675. The van der Waals surface area contributed by atoms with Crippen molar-refractivity contribution in [3.05, 3.63) is 47.5 Å². The highest BCUT2D eigenvalue weighted by atomic mass is 16.6. The summed E-state index contributed by atoms with van der Waals surface area (Å²) in [4.78, 5) is 0. The van der Waals surface area contributed by atoms with Gasteiger partial charge >= 0.3 is 0 Å². The van der Waals surface area contributed by atoms with E-state index in [-0.39, 0.29) is 12.2 Å². The minimum Gasteiger partial charge on any atom is -0.387 e. The van der Waals surface area contributed by atoms with Crippen LogP contribution in [-0.4, -0.2) is 22.4 Å². The van der Waals surface area contributed by atoms with Crippen molar-refractivity contribution in [3.8, 4) is 0 Å². The molecule has 0 spiro atoms. The molecule has 4 rings (SSSR count). The molecule has 1 saturated heterocycles. The highest BCUT2D eigenvalue weighted by Gasteiger charge is 2.53. The van der Waals surface area contributed by atoms with Gasteiger partial charge in [-0.25, -0.2) is 0 Å². The summed E-state index contributed by atoms with van der Waals surface area (Å²) in [6.45, 7) is 0. The van der Waals surface area contributed by atoms with Gasteiger partial charge in [-0.1, -0.05) is 24.3 Å². The van der Waals surface area contributed by atoms with Crippen LogP contribution >= 0.6 is 0 Å². The van der Waals surface area contributed by atoms with E-state index in [1.165, 1.54) is 0 Å². The van der Waals surface area contributed by atoms with Gasteiger partial charge in [-0.2, -0.15) is 0 Å². The van der Waals surface area contributed by atoms with Gasteiger partial charge < -0.3 is 14.9 Å². The van der Waals surface area contributed by atoms with E-state index in [9.17, 15) is 10.2 Å². The van der Waals surface area contributed by atoms with Crippen LogP contribution in [0.2, 0.25) is 0 Å². The third-order valence-corrected chi connectivity index (χ3v) is 3.76. The number of benzene rings is 2. The largest absolute Gasteiger partial charge is 0.387 e. The number of rotatable bonds is 0. The van der Waals surface area contributed by atoms with Gasteiger partial charge in [0.05, 0.1) is 0 Å². The molecular weight excluding hydrogens is 216 g/mol. The average molecular weight is 228 g/mol. The molecule has 1 aliphatic heterocycles. The molecule has 0 saturated carbocycles. The zero-order valence-corrected chi connectivity index (χ0v) is 9.08. The topological polar surface area (TPSA) is 53.0 Å². The molecule has 4 atom stereocenters. The highest BCUT2D eigenvalue weighted by molar-refractivity contribution is 5.84. The van der Waals surface area contributed by atoms with Gasteiger partial charge in [-0.15, -0.1) is 0 Å². The van der Waals surface area contributed by atoms with E-state index in [1.807, 2.05) is 30.3 Å². The summed E-state index contributed by atoms with van der Waals surface area (Å²) in [5.74, 6) is 0. The van der Waals surface area contributed by atoms with Gasteiger partial charge in [0.1, 0.15) is 24.4 Å². The first-order valence-corrected chi connectivity index (χ1v) is 5.80. The lowest BCUT2D eigenvalue weighted by molar-refractivity contribution is 0.0000725. The molecular formula is C14H12O3. The van der Waals surface area contributed by atoms with Crippen LogP contribution in [0.3, 0.4) is 0 Å². The van der Waals surface area contributed by atoms with Crippen molar-refractivity contribution in [2.45, 2.75) is 24.4 Å². The van der Waals surface area contributed by atoms with Gasteiger partial charge in [-0.3, -0.25) is 0 Å². The van der Waals surface area contributed by atoms with Crippen LogP contribution in [0.15, 0.2) is 36.4 Å².